The fourth-order valence-electron chi connectivity index (χ4n) is 9.14. The van der Waals surface area contributed by atoms with Gasteiger partial charge in [-0.3, -0.25) is 0 Å². The van der Waals surface area contributed by atoms with E-state index in [1.54, 1.807) is 0 Å². The van der Waals surface area contributed by atoms with Crippen LogP contribution in [0, 0.1) is 0 Å². The Morgan fingerprint density at radius 2 is 0.246 bits per heavy atom. The second-order valence-electron chi connectivity index (χ2n) is 19.3. The fourth-order valence-corrected chi connectivity index (χ4v) is 9.14. The number of rotatable bonds is 54. The van der Waals surface area contributed by atoms with Crippen LogP contribution in [0.3, 0.4) is 0 Å². The minimum atomic E-state index is 0.999. The van der Waals surface area contributed by atoms with Crippen LogP contribution < -0.4 is 0 Å². The van der Waals surface area contributed by atoms with Crippen LogP contribution in [-0.2, 0) is 4.74 Å². The molecule has 0 N–H and O–H groups in total. The van der Waals surface area contributed by atoms with Crippen LogP contribution in [0.2, 0.25) is 0 Å². The van der Waals surface area contributed by atoms with Gasteiger partial charge in [0.1, 0.15) is 0 Å². The van der Waals surface area contributed by atoms with E-state index in [1.165, 1.54) is 334 Å². The van der Waals surface area contributed by atoms with Crippen LogP contribution >= 0.6 is 0 Å². The van der Waals surface area contributed by atoms with E-state index in [2.05, 4.69) is 13.8 Å². The Labute approximate surface area is 364 Å². The monoisotopic (exact) mass is 803 g/mol. The maximum absolute atomic E-state index is 5.94. The van der Waals surface area contributed by atoms with Crippen molar-refractivity contribution in [3.8, 4) is 0 Å². The van der Waals surface area contributed by atoms with Gasteiger partial charge in [-0.05, 0) is 12.8 Å². The molecule has 0 saturated heterocycles. The molecule has 0 saturated carbocycles. The standard InChI is InChI=1S/C56H114O/c1-3-5-7-9-11-13-15-17-19-21-23-25-27-29-30-31-32-34-36-38-40-42-44-46-48-50-52-54-56-57-55-53-51-49-47-45-43-41-39-37-35-33-28-26-24-22-20-18-16-14-12-10-8-6-4-2/h3-56H2,1-2H3. The summed E-state index contributed by atoms with van der Waals surface area (Å²) in [6.45, 7) is 6.62. The molecule has 0 aliphatic rings. The molecule has 1 nitrogen and oxygen atoms in total. The highest BCUT2D eigenvalue weighted by Crippen LogP contribution is 2.18. The second-order valence-corrected chi connectivity index (χ2v) is 19.3. The van der Waals surface area contributed by atoms with Gasteiger partial charge < -0.3 is 4.74 Å². The zero-order valence-corrected chi connectivity index (χ0v) is 40.6. The number of hydrogen-bond acceptors (Lipinski definition) is 1. The summed E-state index contributed by atoms with van der Waals surface area (Å²) in [5, 5.41) is 0. The molecular weight excluding hydrogens is 689 g/mol. The van der Waals surface area contributed by atoms with E-state index in [0.717, 1.165) is 13.2 Å². The summed E-state index contributed by atoms with van der Waals surface area (Å²) in [6.07, 6.45) is 75.9. The van der Waals surface area contributed by atoms with Gasteiger partial charge in [-0.2, -0.15) is 0 Å². The van der Waals surface area contributed by atoms with Crippen molar-refractivity contribution in [1.82, 2.24) is 0 Å². The summed E-state index contributed by atoms with van der Waals surface area (Å²) < 4.78 is 5.94. The van der Waals surface area contributed by atoms with Crippen LogP contribution in [0.1, 0.15) is 348 Å². The molecule has 0 atom stereocenters. The molecule has 0 aromatic heterocycles. The van der Waals surface area contributed by atoms with Crippen LogP contribution in [0.25, 0.3) is 0 Å². The molecule has 0 aliphatic heterocycles. The van der Waals surface area contributed by atoms with Gasteiger partial charge in [-0.1, -0.05) is 335 Å². The quantitative estimate of drug-likeness (QED) is 0.0557. The normalized spacial score (nSPS) is 11.7. The van der Waals surface area contributed by atoms with E-state index in [-0.39, 0.29) is 0 Å². The molecule has 1 heteroatoms. The molecule has 0 aliphatic carbocycles. The van der Waals surface area contributed by atoms with Crippen molar-refractivity contribution in [1.29, 1.82) is 0 Å². The number of ether oxygens (including phenoxy) is 1. The SMILES string of the molecule is CCCCCCCCCCCCCCCCCCCCCCCCCCCCCCOCCCCCCCCCCCCCCCCCCCCCCCCCC. The van der Waals surface area contributed by atoms with Crippen molar-refractivity contribution >= 4 is 0 Å². The lowest BCUT2D eigenvalue weighted by molar-refractivity contribution is 0.125. The molecule has 0 aromatic rings. The maximum Gasteiger partial charge on any atom is 0.0466 e. The lowest BCUT2D eigenvalue weighted by atomic mass is 10.0. The zero-order valence-electron chi connectivity index (χ0n) is 40.6. The van der Waals surface area contributed by atoms with Crippen molar-refractivity contribution in [2.24, 2.45) is 0 Å². The van der Waals surface area contributed by atoms with Crippen molar-refractivity contribution < 1.29 is 4.74 Å². The van der Waals surface area contributed by atoms with Gasteiger partial charge in [0, 0.05) is 13.2 Å². The molecule has 0 bridgehead atoms. The summed E-state index contributed by atoms with van der Waals surface area (Å²) in [6, 6.07) is 0. The third-order valence-corrected chi connectivity index (χ3v) is 13.3. The molecule has 57 heavy (non-hydrogen) atoms. The molecule has 0 amide bonds. The van der Waals surface area contributed by atoms with Crippen LogP contribution in [0.4, 0.5) is 0 Å². The summed E-state index contributed by atoms with van der Waals surface area (Å²) >= 11 is 0. The highest BCUT2D eigenvalue weighted by molar-refractivity contribution is 4.54. The van der Waals surface area contributed by atoms with Crippen LogP contribution in [0.5, 0.6) is 0 Å². The smallest absolute Gasteiger partial charge is 0.0466 e. The molecule has 344 valence electrons. The van der Waals surface area contributed by atoms with Gasteiger partial charge >= 0.3 is 0 Å². The van der Waals surface area contributed by atoms with Crippen molar-refractivity contribution in [3.05, 3.63) is 0 Å². The van der Waals surface area contributed by atoms with Gasteiger partial charge in [0.05, 0.1) is 0 Å². The zero-order chi connectivity index (χ0) is 40.9. The highest BCUT2D eigenvalue weighted by atomic mass is 16.5. The molecule has 0 heterocycles. The minimum absolute atomic E-state index is 0.999. The first-order valence-electron chi connectivity index (χ1n) is 28.0. The van der Waals surface area contributed by atoms with Gasteiger partial charge in [-0.25, -0.2) is 0 Å². The summed E-state index contributed by atoms with van der Waals surface area (Å²) in [7, 11) is 0. The molecule has 0 aromatic carbocycles. The van der Waals surface area contributed by atoms with Crippen LogP contribution in [-0.4, -0.2) is 13.2 Å². The predicted octanol–water partition coefficient (Wildman–Crippen LogP) is 21.3. The minimum Gasteiger partial charge on any atom is -0.381 e. The van der Waals surface area contributed by atoms with E-state index < -0.39 is 0 Å². The van der Waals surface area contributed by atoms with E-state index >= 15 is 0 Å². The Hall–Kier alpha value is -0.0400. The van der Waals surface area contributed by atoms with Gasteiger partial charge in [0.25, 0.3) is 0 Å². The topological polar surface area (TPSA) is 9.23 Å². The first-order valence-corrected chi connectivity index (χ1v) is 28.0. The second kappa shape index (κ2) is 56.0. The maximum atomic E-state index is 5.94. The van der Waals surface area contributed by atoms with Crippen molar-refractivity contribution in [3.63, 3.8) is 0 Å². The average Bonchev–Trinajstić information content (AvgIpc) is 3.22. The Bertz CT molecular complexity index is 589. The van der Waals surface area contributed by atoms with Crippen LogP contribution in [0.15, 0.2) is 0 Å². The van der Waals surface area contributed by atoms with Crippen molar-refractivity contribution in [2.45, 2.75) is 348 Å². The Kier molecular flexibility index (Phi) is 55.9. The van der Waals surface area contributed by atoms with Gasteiger partial charge in [0.15, 0.2) is 0 Å². The molecule has 0 unspecified atom stereocenters. The van der Waals surface area contributed by atoms with E-state index in [4.69, 9.17) is 4.74 Å². The predicted molar refractivity (Wildman–Crippen MR) is 262 cm³/mol. The first kappa shape index (κ1) is 57.0. The Balaban J connectivity index is 3.05. The fraction of sp³-hybridized carbons (Fsp3) is 1.00. The first-order chi connectivity index (χ1) is 28.4. The van der Waals surface area contributed by atoms with E-state index in [0.29, 0.717) is 0 Å². The summed E-state index contributed by atoms with van der Waals surface area (Å²) in [5.74, 6) is 0. The van der Waals surface area contributed by atoms with Gasteiger partial charge in [0.2, 0.25) is 0 Å². The van der Waals surface area contributed by atoms with Gasteiger partial charge in [-0.15, -0.1) is 0 Å². The lowest BCUT2D eigenvalue weighted by Gasteiger charge is -2.06. The van der Waals surface area contributed by atoms with E-state index in [1.807, 2.05) is 0 Å². The lowest BCUT2D eigenvalue weighted by Crippen LogP contribution is -1.97. The highest BCUT2D eigenvalue weighted by Gasteiger charge is 1.99. The average molecular weight is 804 g/mol. The number of hydrogen-bond donors (Lipinski definition) is 0. The third kappa shape index (κ3) is 56.0. The molecule has 0 fully saturated rings. The number of unbranched alkanes of at least 4 members (excludes halogenated alkanes) is 50. The largest absolute Gasteiger partial charge is 0.381 e. The summed E-state index contributed by atoms with van der Waals surface area (Å²) in [4.78, 5) is 0. The Morgan fingerprint density at radius 3 is 0.368 bits per heavy atom. The third-order valence-electron chi connectivity index (χ3n) is 13.3. The molecular formula is C56H114O. The molecule has 0 spiro atoms. The Morgan fingerprint density at radius 1 is 0.140 bits per heavy atom. The molecule has 0 radical (unpaired) electrons. The van der Waals surface area contributed by atoms with Crippen molar-refractivity contribution in [2.75, 3.05) is 13.2 Å². The molecule has 0 rings (SSSR count). The summed E-state index contributed by atoms with van der Waals surface area (Å²) in [5.41, 5.74) is 0. The van der Waals surface area contributed by atoms with E-state index in [9.17, 15) is 0 Å².